The van der Waals surface area contributed by atoms with Crippen LogP contribution in [0.15, 0.2) is 53.6 Å². The summed E-state index contributed by atoms with van der Waals surface area (Å²) < 4.78 is 38.2. The Morgan fingerprint density at radius 3 is 2.39 bits per heavy atom. The van der Waals surface area contributed by atoms with Crippen molar-refractivity contribution in [2.24, 2.45) is 5.10 Å². The van der Waals surface area contributed by atoms with Gasteiger partial charge in [-0.2, -0.15) is 18.3 Å². The summed E-state index contributed by atoms with van der Waals surface area (Å²) in [6.07, 6.45) is -4.66. The molecule has 0 saturated carbocycles. The SMILES string of the molecule is O=[N+]([O-])c1cc(C(F)(F)F)ccc1NN=C(Br)c1ccccc1. The van der Waals surface area contributed by atoms with Gasteiger partial charge in [0.05, 0.1) is 10.5 Å². The number of alkyl halides is 3. The largest absolute Gasteiger partial charge is 0.416 e. The monoisotopic (exact) mass is 387 g/mol. The molecule has 0 aliphatic heterocycles. The third kappa shape index (κ3) is 4.28. The Bertz CT molecular complexity index is 749. The number of hydrazone groups is 1. The molecule has 2 aromatic carbocycles. The number of nitro groups is 1. The number of rotatable bonds is 4. The van der Waals surface area contributed by atoms with Crippen LogP contribution in [0.4, 0.5) is 24.5 Å². The topological polar surface area (TPSA) is 67.5 Å². The second kappa shape index (κ2) is 6.78. The maximum absolute atomic E-state index is 12.6. The molecule has 9 heteroatoms. The number of hydrogen-bond acceptors (Lipinski definition) is 4. The van der Waals surface area contributed by atoms with Gasteiger partial charge in [-0.1, -0.05) is 30.3 Å². The summed E-state index contributed by atoms with van der Waals surface area (Å²) in [4.78, 5) is 10.1. The van der Waals surface area contributed by atoms with Crippen molar-refractivity contribution in [2.75, 3.05) is 5.43 Å². The lowest BCUT2D eigenvalue weighted by Gasteiger charge is -2.08. The number of benzene rings is 2. The van der Waals surface area contributed by atoms with Crippen LogP contribution in [0, 0.1) is 10.1 Å². The van der Waals surface area contributed by atoms with Crippen LogP contribution < -0.4 is 5.43 Å². The van der Waals surface area contributed by atoms with Crippen LogP contribution in [0.1, 0.15) is 11.1 Å². The minimum absolute atomic E-state index is 0.143. The quantitative estimate of drug-likeness (QED) is 0.466. The van der Waals surface area contributed by atoms with Gasteiger partial charge in [-0.05, 0) is 28.1 Å². The fourth-order valence-electron chi connectivity index (χ4n) is 1.70. The summed E-state index contributed by atoms with van der Waals surface area (Å²) in [7, 11) is 0. The van der Waals surface area contributed by atoms with E-state index in [1.165, 1.54) is 0 Å². The van der Waals surface area contributed by atoms with Gasteiger partial charge in [0.15, 0.2) is 0 Å². The Morgan fingerprint density at radius 1 is 1.17 bits per heavy atom. The average molecular weight is 388 g/mol. The summed E-state index contributed by atoms with van der Waals surface area (Å²) in [5.74, 6) is 0. The molecule has 0 heterocycles. The highest BCUT2D eigenvalue weighted by Crippen LogP contribution is 2.35. The number of nitrogens with zero attached hydrogens (tertiary/aromatic N) is 2. The Morgan fingerprint density at radius 2 is 1.83 bits per heavy atom. The van der Waals surface area contributed by atoms with E-state index in [0.717, 1.165) is 12.1 Å². The van der Waals surface area contributed by atoms with Gasteiger partial charge >= 0.3 is 6.18 Å². The van der Waals surface area contributed by atoms with Gasteiger partial charge in [0, 0.05) is 11.6 Å². The molecule has 0 fully saturated rings. The zero-order valence-corrected chi connectivity index (χ0v) is 12.9. The normalized spacial score (nSPS) is 12.1. The highest BCUT2D eigenvalue weighted by molar-refractivity contribution is 9.18. The number of nitrogens with one attached hydrogen (secondary N) is 1. The van der Waals surface area contributed by atoms with Crippen LogP contribution in [0.3, 0.4) is 0 Å². The minimum Gasteiger partial charge on any atom is -0.271 e. The molecule has 0 unspecified atom stereocenters. The number of halogens is 4. The van der Waals surface area contributed by atoms with Crippen LogP contribution >= 0.6 is 15.9 Å². The fraction of sp³-hybridized carbons (Fsp3) is 0.0714. The van der Waals surface area contributed by atoms with Crippen molar-refractivity contribution in [3.05, 3.63) is 69.8 Å². The summed E-state index contributed by atoms with van der Waals surface area (Å²) in [6, 6.07) is 11.0. The van der Waals surface area contributed by atoms with E-state index in [1.54, 1.807) is 30.3 Å². The smallest absolute Gasteiger partial charge is 0.271 e. The summed E-state index contributed by atoms with van der Waals surface area (Å²) >= 11 is 3.19. The van der Waals surface area contributed by atoms with E-state index in [0.29, 0.717) is 16.3 Å². The minimum atomic E-state index is -4.66. The number of anilines is 1. The Labute approximate surface area is 137 Å². The van der Waals surface area contributed by atoms with Crippen molar-refractivity contribution in [1.82, 2.24) is 0 Å². The average Bonchev–Trinajstić information content (AvgIpc) is 2.52. The fourth-order valence-corrected chi connectivity index (χ4v) is 2.06. The van der Waals surface area contributed by atoms with Crippen LogP contribution in [0.2, 0.25) is 0 Å². The highest BCUT2D eigenvalue weighted by Gasteiger charge is 2.33. The molecule has 1 N–H and O–H groups in total. The molecule has 0 atom stereocenters. The van der Waals surface area contributed by atoms with E-state index in [4.69, 9.17) is 0 Å². The molecular formula is C14H9BrF3N3O2. The Kier molecular flexibility index (Phi) is 4.99. The van der Waals surface area contributed by atoms with E-state index in [9.17, 15) is 23.3 Å². The summed E-state index contributed by atoms with van der Waals surface area (Å²) in [5.41, 5.74) is 1.16. The van der Waals surface area contributed by atoms with Gasteiger partial charge < -0.3 is 0 Å². The lowest BCUT2D eigenvalue weighted by atomic mass is 10.1. The molecular weight excluding hydrogens is 379 g/mol. The number of nitro benzene ring substituents is 1. The van der Waals surface area contributed by atoms with Crippen LogP contribution in [-0.2, 0) is 6.18 Å². The van der Waals surface area contributed by atoms with E-state index in [2.05, 4.69) is 26.5 Å². The van der Waals surface area contributed by atoms with Gasteiger partial charge in [-0.25, -0.2) is 0 Å². The van der Waals surface area contributed by atoms with Crippen molar-refractivity contribution in [1.29, 1.82) is 0 Å². The van der Waals surface area contributed by atoms with Crippen molar-refractivity contribution >= 4 is 31.9 Å². The van der Waals surface area contributed by atoms with Crippen LogP contribution in [0.25, 0.3) is 0 Å². The van der Waals surface area contributed by atoms with Crippen molar-refractivity contribution < 1.29 is 18.1 Å². The maximum Gasteiger partial charge on any atom is 0.416 e. The molecule has 5 nitrogen and oxygen atoms in total. The van der Waals surface area contributed by atoms with Crippen molar-refractivity contribution in [3.63, 3.8) is 0 Å². The molecule has 0 aromatic heterocycles. The Balaban J connectivity index is 2.31. The van der Waals surface area contributed by atoms with E-state index in [-0.39, 0.29) is 5.69 Å². The van der Waals surface area contributed by atoms with Crippen molar-refractivity contribution in [3.8, 4) is 0 Å². The molecule has 0 spiro atoms. The van der Waals surface area contributed by atoms with Crippen molar-refractivity contribution in [2.45, 2.75) is 6.18 Å². The highest BCUT2D eigenvalue weighted by atomic mass is 79.9. The molecule has 0 aliphatic rings. The van der Waals surface area contributed by atoms with Gasteiger partial charge in [-0.15, -0.1) is 0 Å². The predicted octanol–water partition coefficient (Wildman–Crippen LogP) is 4.78. The van der Waals surface area contributed by atoms with E-state index < -0.39 is 22.4 Å². The summed E-state index contributed by atoms with van der Waals surface area (Å²) in [5, 5.41) is 14.9. The second-order valence-electron chi connectivity index (χ2n) is 4.37. The maximum atomic E-state index is 12.6. The zero-order chi connectivity index (χ0) is 17.0. The first kappa shape index (κ1) is 16.9. The molecule has 0 aliphatic carbocycles. The van der Waals surface area contributed by atoms with Gasteiger partial charge in [0.1, 0.15) is 10.3 Å². The first-order valence-electron chi connectivity index (χ1n) is 6.19. The molecule has 120 valence electrons. The van der Waals surface area contributed by atoms with Crippen LogP contribution in [-0.4, -0.2) is 9.54 Å². The van der Waals surface area contributed by atoms with E-state index in [1.807, 2.05) is 0 Å². The van der Waals surface area contributed by atoms with E-state index >= 15 is 0 Å². The first-order valence-corrected chi connectivity index (χ1v) is 6.98. The van der Waals surface area contributed by atoms with Gasteiger partial charge in [0.25, 0.3) is 5.69 Å². The standard InChI is InChI=1S/C14H9BrF3N3O2/c15-13(9-4-2-1-3-5-9)20-19-11-7-6-10(14(16,17)18)8-12(11)21(22)23/h1-8,19H. The summed E-state index contributed by atoms with van der Waals surface area (Å²) in [6.45, 7) is 0. The van der Waals surface area contributed by atoms with Crippen LogP contribution in [0.5, 0.6) is 0 Å². The van der Waals surface area contributed by atoms with Gasteiger partial charge in [-0.3, -0.25) is 15.5 Å². The lowest BCUT2D eigenvalue weighted by molar-refractivity contribution is -0.384. The third-order valence-electron chi connectivity index (χ3n) is 2.81. The molecule has 0 radical (unpaired) electrons. The molecule has 2 rings (SSSR count). The first-order chi connectivity index (χ1) is 10.8. The molecule has 0 saturated heterocycles. The van der Waals surface area contributed by atoms with Gasteiger partial charge in [0.2, 0.25) is 0 Å². The molecule has 0 amide bonds. The molecule has 2 aromatic rings. The lowest BCUT2D eigenvalue weighted by Crippen LogP contribution is -2.07. The molecule has 23 heavy (non-hydrogen) atoms. The molecule has 0 bridgehead atoms. The Hall–Kier alpha value is -2.42. The second-order valence-corrected chi connectivity index (χ2v) is 5.12. The third-order valence-corrected chi connectivity index (χ3v) is 3.44. The predicted molar refractivity (Wildman–Crippen MR) is 83.6 cm³/mol. The number of hydrogen-bond donors (Lipinski definition) is 1. The zero-order valence-electron chi connectivity index (χ0n) is 11.3.